The number of pyridine rings is 1. The minimum absolute atomic E-state index is 0.171. The minimum Gasteiger partial charge on any atom is -0.396 e. The Balaban J connectivity index is 2.07. The molecule has 0 atom stereocenters. The van der Waals surface area contributed by atoms with Gasteiger partial charge in [-0.05, 0) is 46.7 Å². The largest absolute Gasteiger partial charge is 0.396 e. The van der Waals surface area contributed by atoms with E-state index in [1.807, 2.05) is 0 Å². The van der Waals surface area contributed by atoms with Gasteiger partial charge < -0.3 is 10.4 Å². The Kier molecular flexibility index (Phi) is 6.92. The molecule has 2 rings (SSSR count). The first kappa shape index (κ1) is 19.1. The van der Waals surface area contributed by atoms with Crippen LogP contribution in [0, 0.1) is 0 Å². The fourth-order valence-electron chi connectivity index (χ4n) is 1.63. The average Bonchev–Trinajstić information content (AvgIpc) is 2.54. The standard InChI is InChI=1S/C13H15BrN4O4S2/c14-10-8-16-13(18-12(10)23-6-2-1-5-19)17-9-3-4-11(15-7-9)24(20,21)22/h3-4,7-8,19H,1-2,5-6H2,(H,16,17,18)(H,20,21,22). The zero-order valence-corrected chi connectivity index (χ0v) is 15.6. The quantitative estimate of drug-likeness (QED) is 0.248. The van der Waals surface area contributed by atoms with Gasteiger partial charge in [-0.1, -0.05) is 0 Å². The van der Waals surface area contributed by atoms with Crippen molar-refractivity contribution in [1.29, 1.82) is 0 Å². The van der Waals surface area contributed by atoms with Crippen molar-refractivity contribution in [2.45, 2.75) is 22.9 Å². The number of anilines is 2. The second-order valence-electron chi connectivity index (χ2n) is 4.61. The first-order valence-corrected chi connectivity index (χ1v) is 10.1. The van der Waals surface area contributed by atoms with E-state index in [9.17, 15) is 8.42 Å². The maximum atomic E-state index is 11.0. The van der Waals surface area contributed by atoms with Crippen LogP contribution in [0.4, 0.5) is 11.6 Å². The molecule has 11 heteroatoms. The molecular weight excluding hydrogens is 420 g/mol. The molecule has 2 aromatic rings. The molecule has 24 heavy (non-hydrogen) atoms. The zero-order chi connectivity index (χ0) is 17.6. The van der Waals surface area contributed by atoms with Gasteiger partial charge in [-0.2, -0.15) is 8.42 Å². The molecule has 130 valence electrons. The molecule has 0 aliphatic heterocycles. The highest BCUT2D eigenvalue weighted by Gasteiger charge is 2.11. The third kappa shape index (κ3) is 5.67. The van der Waals surface area contributed by atoms with Gasteiger partial charge in [-0.3, -0.25) is 4.55 Å². The van der Waals surface area contributed by atoms with Gasteiger partial charge in [-0.15, -0.1) is 11.8 Å². The van der Waals surface area contributed by atoms with Crippen LogP contribution in [0.1, 0.15) is 12.8 Å². The average molecular weight is 435 g/mol. The highest BCUT2D eigenvalue weighted by atomic mass is 79.9. The fraction of sp³-hybridized carbons (Fsp3) is 0.308. The summed E-state index contributed by atoms with van der Waals surface area (Å²) >= 11 is 4.93. The van der Waals surface area contributed by atoms with Crippen LogP contribution in [-0.2, 0) is 10.1 Å². The molecule has 2 heterocycles. The minimum atomic E-state index is -4.32. The van der Waals surface area contributed by atoms with Crippen LogP contribution >= 0.6 is 27.7 Å². The number of aliphatic hydroxyl groups is 1. The van der Waals surface area contributed by atoms with Crippen molar-refractivity contribution in [3.05, 3.63) is 29.0 Å². The number of aromatic nitrogens is 3. The summed E-state index contributed by atoms with van der Waals surface area (Å²) < 4.78 is 31.6. The van der Waals surface area contributed by atoms with Gasteiger partial charge in [-0.25, -0.2) is 15.0 Å². The van der Waals surface area contributed by atoms with E-state index in [0.717, 1.165) is 28.1 Å². The number of rotatable bonds is 8. The third-order valence-electron chi connectivity index (χ3n) is 2.76. The summed E-state index contributed by atoms with van der Waals surface area (Å²) in [7, 11) is -4.32. The van der Waals surface area contributed by atoms with Crippen molar-refractivity contribution in [1.82, 2.24) is 15.0 Å². The maximum Gasteiger partial charge on any atom is 0.312 e. The van der Waals surface area contributed by atoms with Gasteiger partial charge >= 0.3 is 10.1 Å². The lowest BCUT2D eigenvalue weighted by atomic mass is 10.4. The number of halogens is 1. The number of nitrogens with zero attached hydrogens (tertiary/aromatic N) is 3. The van der Waals surface area contributed by atoms with E-state index in [0.29, 0.717) is 11.6 Å². The van der Waals surface area contributed by atoms with Gasteiger partial charge in [0.25, 0.3) is 0 Å². The van der Waals surface area contributed by atoms with Crippen LogP contribution in [0.25, 0.3) is 0 Å². The molecule has 0 spiro atoms. The third-order valence-corrected chi connectivity index (χ3v) is 5.45. The van der Waals surface area contributed by atoms with Crippen LogP contribution in [-0.4, -0.2) is 45.4 Å². The second kappa shape index (κ2) is 8.72. The van der Waals surface area contributed by atoms with Crippen LogP contribution in [0.15, 0.2) is 39.1 Å². The monoisotopic (exact) mass is 434 g/mol. The fourth-order valence-corrected chi connectivity index (χ4v) is 3.48. The molecule has 0 amide bonds. The first-order valence-electron chi connectivity index (χ1n) is 6.87. The van der Waals surface area contributed by atoms with E-state index in [2.05, 4.69) is 36.2 Å². The van der Waals surface area contributed by atoms with Crippen LogP contribution in [0.5, 0.6) is 0 Å². The van der Waals surface area contributed by atoms with E-state index in [1.54, 1.807) is 18.0 Å². The van der Waals surface area contributed by atoms with Crippen LogP contribution < -0.4 is 5.32 Å². The molecule has 2 aromatic heterocycles. The predicted molar refractivity (Wildman–Crippen MR) is 94.1 cm³/mol. The highest BCUT2D eigenvalue weighted by Crippen LogP contribution is 2.27. The summed E-state index contributed by atoms with van der Waals surface area (Å²) in [5.74, 6) is 1.16. The molecule has 0 bridgehead atoms. The molecule has 0 aliphatic rings. The van der Waals surface area contributed by atoms with Crippen molar-refractivity contribution in [2.75, 3.05) is 17.7 Å². The van der Waals surface area contributed by atoms with Gasteiger partial charge in [0.05, 0.1) is 16.4 Å². The van der Waals surface area contributed by atoms with E-state index in [-0.39, 0.29) is 6.61 Å². The van der Waals surface area contributed by atoms with E-state index in [1.165, 1.54) is 18.3 Å². The molecular formula is C13H15BrN4O4S2. The zero-order valence-electron chi connectivity index (χ0n) is 12.4. The van der Waals surface area contributed by atoms with Gasteiger partial charge in [0, 0.05) is 12.8 Å². The van der Waals surface area contributed by atoms with Gasteiger partial charge in [0.15, 0.2) is 5.03 Å². The molecule has 3 N–H and O–H groups in total. The predicted octanol–water partition coefficient (Wildman–Crippen LogP) is 2.49. The smallest absolute Gasteiger partial charge is 0.312 e. The summed E-state index contributed by atoms with van der Waals surface area (Å²) in [6.07, 6.45) is 4.50. The van der Waals surface area contributed by atoms with Crippen molar-refractivity contribution in [2.24, 2.45) is 0 Å². The summed E-state index contributed by atoms with van der Waals surface area (Å²) in [6.45, 7) is 0.171. The topological polar surface area (TPSA) is 125 Å². The number of hydrogen-bond acceptors (Lipinski definition) is 8. The lowest BCUT2D eigenvalue weighted by molar-refractivity contribution is 0.287. The SMILES string of the molecule is O=S(=O)(O)c1ccc(Nc2ncc(Br)c(SCCCCO)n2)cn1. The Morgan fingerprint density at radius 2 is 2.00 bits per heavy atom. The Morgan fingerprint density at radius 1 is 1.21 bits per heavy atom. The number of hydrogen-bond donors (Lipinski definition) is 3. The van der Waals surface area contributed by atoms with Gasteiger partial charge in [0.2, 0.25) is 5.95 Å². The van der Waals surface area contributed by atoms with E-state index in [4.69, 9.17) is 9.66 Å². The Hall–Kier alpha value is -1.27. The normalized spacial score (nSPS) is 11.5. The lowest BCUT2D eigenvalue weighted by Crippen LogP contribution is -2.03. The Bertz CT molecular complexity index is 787. The van der Waals surface area contributed by atoms with E-state index < -0.39 is 15.1 Å². The van der Waals surface area contributed by atoms with Crippen molar-refractivity contribution in [3.63, 3.8) is 0 Å². The lowest BCUT2D eigenvalue weighted by Gasteiger charge is -2.08. The molecule has 0 aliphatic carbocycles. The maximum absolute atomic E-state index is 11.0. The van der Waals surface area contributed by atoms with Crippen molar-refractivity contribution >= 4 is 49.4 Å². The molecule has 0 saturated heterocycles. The van der Waals surface area contributed by atoms with Crippen LogP contribution in [0.3, 0.4) is 0 Å². The molecule has 0 fully saturated rings. The van der Waals surface area contributed by atoms with Crippen molar-refractivity contribution < 1.29 is 18.1 Å². The number of aliphatic hydroxyl groups excluding tert-OH is 1. The van der Waals surface area contributed by atoms with Crippen LogP contribution in [0.2, 0.25) is 0 Å². The number of thioether (sulfide) groups is 1. The molecule has 0 aromatic carbocycles. The summed E-state index contributed by atoms with van der Waals surface area (Å²) in [5, 5.41) is 12.0. The molecule has 8 nitrogen and oxygen atoms in total. The Labute approximate surface area is 152 Å². The van der Waals surface area contributed by atoms with Crippen molar-refractivity contribution in [3.8, 4) is 0 Å². The molecule has 0 unspecified atom stereocenters. The summed E-state index contributed by atoms with van der Waals surface area (Å²) in [5.41, 5.74) is 0.487. The van der Waals surface area contributed by atoms with Gasteiger partial charge in [0.1, 0.15) is 5.03 Å². The summed E-state index contributed by atoms with van der Waals surface area (Å²) in [6, 6.07) is 2.64. The highest BCUT2D eigenvalue weighted by molar-refractivity contribution is 9.10. The molecule has 0 saturated carbocycles. The summed E-state index contributed by atoms with van der Waals surface area (Å²) in [4.78, 5) is 12.2. The number of nitrogens with one attached hydrogen (secondary N) is 1. The molecule has 0 radical (unpaired) electrons. The first-order chi connectivity index (χ1) is 11.4. The second-order valence-corrected chi connectivity index (χ2v) is 7.92. The Morgan fingerprint density at radius 3 is 2.62 bits per heavy atom. The number of unbranched alkanes of at least 4 members (excludes halogenated alkanes) is 1. The van der Waals surface area contributed by atoms with E-state index >= 15 is 0 Å².